The molecule has 0 spiro atoms. The highest BCUT2D eigenvalue weighted by Gasteiger charge is 2.08. The van der Waals surface area contributed by atoms with Crippen molar-refractivity contribution in [1.82, 2.24) is 4.98 Å². The Balaban J connectivity index is 1.36. The average Bonchev–Trinajstić information content (AvgIpc) is 3.31. The van der Waals surface area contributed by atoms with E-state index in [0.29, 0.717) is 28.3 Å². The minimum Gasteiger partial charge on any atom is -0.493 e. The summed E-state index contributed by atoms with van der Waals surface area (Å²) in [6, 6.07) is 20.8. The summed E-state index contributed by atoms with van der Waals surface area (Å²) in [4.78, 5) is 16.9. The molecule has 34 heavy (non-hydrogen) atoms. The molecule has 0 aliphatic carbocycles. The third-order valence-corrected chi connectivity index (χ3v) is 6.34. The first-order valence-electron chi connectivity index (χ1n) is 10.3. The van der Waals surface area contributed by atoms with Crippen LogP contribution in [0.5, 0.6) is 11.5 Å². The maximum Gasteiger partial charge on any atom is 0.250 e. The highest BCUT2D eigenvalue weighted by molar-refractivity contribution is 9.10. The van der Waals surface area contributed by atoms with Crippen LogP contribution in [0.3, 0.4) is 0 Å². The number of anilines is 1. The van der Waals surface area contributed by atoms with Crippen LogP contribution in [-0.4, -0.2) is 18.0 Å². The van der Waals surface area contributed by atoms with E-state index in [0.717, 1.165) is 26.9 Å². The van der Waals surface area contributed by atoms with E-state index >= 15 is 0 Å². The molecule has 4 aromatic rings. The molecule has 1 amide bonds. The molecule has 0 aliphatic rings. The van der Waals surface area contributed by atoms with Gasteiger partial charge >= 0.3 is 0 Å². The molecular weight excluding hydrogens is 536 g/mol. The van der Waals surface area contributed by atoms with Crippen LogP contribution in [0.2, 0.25) is 5.02 Å². The number of hydrogen-bond acceptors (Lipinski definition) is 5. The summed E-state index contributed by atoms with van der Waals surface area (Å²) in [5, 5.41) is 5.94. The molecule has 0 radical (unpaired) electrons. The van der Waals surface area contributed by atoms with Gasteiger partial charge in [0.25, 0.3) is 0 Å². The van der Waals surface area contributed by atoms with Crippen molar-refractivity contribution in [3.05, 3.63) is 98.8 Å². The highest BCUT2D eigenvalue weighted by Crippen LogP contribution is 2.30. The number of carbonyl (C=O) groups is 1. The van der Waals surface area contributed by atoms with Gasteiger partial charge in [-0.25, -0.2) is 4.98 Å². The van der Waals surface area contributed by atoms with E-state index in [1.54, 1.807) is 13.2 Å². The van der Waals surface area contributed by atoms with Crippen LogP contribution < -0.4 is 14.8 Å². The Kier molecular flexibility index (Phi) is 8.00. The molecular formula is C26H20BrClN2O3S. The zero-order chi connectivity index (χ0) is 23.9. The molecule has 0 unspecified atom stereocenters. The number of amides is 1. The number of benzene rings is 3. The Hall–Kier alpha value is -3.13. The van der Waals surface area contributed by atoms with Crippen molar-refractivity contribution in [2.45, 2.75) is 6.61 Å². The van der Waals surface area contributed by atoms with E-state index in [4.69, 9.17) is 21.1 Å². The Morgan fingerprint density at radius 1 is 1.09 bits per heavy atom. The van der Waals surface area contributed by atoms with E-state index in [2.05, 4.69) is 26.2 Å². The Labute approximate surface area is 215 Å². The molecule has 172 valence electrons. The lowest BCUT2D eigenvalue weighted by atomic mass is 10.2. The van der Waals surface area contributed by atoms with Crippen molar-refractivity contribution < 1.29 is 14.3 Å². The van der Waals surface area contributed by atoms with Crippen LogP contribution >= 0.6 is 38.9 Å². The fourth-order valence-electron chi connectivity index (χ4n) is 3.05. The van der Waals surface area contributed by atoms with Gasteiger partial charge in [0.2, 0.25) is 5.91 Å². The number of rotatable bonds is 8. The SMILES string of the molecule is COc1cc(/C=C/C(=O)Nc2nc(-c3ccc(Br)cc3)cs2)ccc1OCc1ccc(Cl)cc1. The molecule has 0 saturated carbocycles. The molecule has 0 saturated heterocycles. The largest absolute Gasteiger partial charge is 0.493 e. The normalized spacial score (nSPS) is 10.9. The number of hydrogen-bond donors (Lipinski definition) is 1. The molecule has 1 heterocycles. The quantitative estimate of drug-likeness (QED) is 0.229. The maximum atomic E-state index is 12.4. The molecule has 0 atom stereocenters. The second-order valence-electron chi connectivity index (χ2n) is 7.19. The standard InChI is InChI=1S/C26H20BrClN2O3S/c1-32-24-14-17(4-12-23(24)33-15-18-2-10-21(28)11-3-18)5-13-25(31)30-26-29-22(16-34-26)19-6-8-20(27)9-7-19/h2-14,16H,15H2,1H3,(H,29,30,31)/b13-5+. The summed E-state index contributed by atoms with van der Waals surface area (Å²) >= 11 is 10.7. The van der Waals surface area contributed by atoms with Crippen molar-refractivity contribution >= 4 is 56.0 Å². The van der Waals surface area contributed by atoms with Crippen molar-refractivity contribution in [2.75, 3.05) is 12.4 Å². The minimum atomic E-state index is -0.265. The number of methoxy groups -OCH3 is 1. The van der Waals surface area contributed by atoms with Crippen LogP contribution in [-0.2, 0) is 11.4 Å². The maximum absolute atomic E-state index is 12.4. The lowest BCUT2D eigenvalue weighted by Crippen LogP contribution is -2.07. The van der Waals surface area contributed by atoms with E-state index in [1.165, 1.54) is 17.4 Å². The third kappa shape index (κ3) is 6.47. The first-order valence-corrected chi connectivity index (χ1v) is 12.3. The summed E-state index contributed by atoms with van der Waals surface area (Å²) in [7, 11) is 1.58. The Bertz CT molecular complexity index is 1300. The van der Waals surface area contributed by atoms with Crippen LogP contribution in [0.1, 0.15) is 11.1 Å². The summed E-state index contributed by atoms with van der Waals surface area (Å²) in [5.41, 5.74) is 3.61. The van der Waals surface area contributed by atoms with Crippen molar-refractivity contribution in [2.24, 2.45) is 0 Å². The molecule has 4 rings (SSSR count). The third-order valence-electron chi connectivity index (χ3n) is 4.80. The van der Waals surface area contributed by atoms with Gasteiger partial charge < -0.3 is 9.47 Å². The summed E-state index contributed by atoms with van der Waals surface area (Å²) in [5.74, 6) is 0.927. The van der Waals surface area contributed by atoms with Gasteiger partial charge in [-0.1, -0.05) is 57.9 Å². The predicted molar refractivity (Wildman–Crippen MR) is 142 cm³/mol. The summed E-state index contributed by atoms with van der Waals surface area (Å²) < 4.78 is 12.3. The number of carbonyl (C=O) groups excluding carboxylic acids is 1. The monoisotopic (exact) mass is 554 g/mol. The molecule has 8 heteroatoms. The highest BCUT2D eigenvalue weighted by atomic mass is 79.9. The van der Waals surface area contributed by atoms with E-state index in [9.17, 15) is 4.79 Å². The molecule has 0 bridgehead atoms. The molecule has 3 aromatic carbocycles. The molecule has 0 aliphatic heterocycles. The van der Waals surface area contributed by atoms with Gasteiger partial charge in [-0.15, -0.1) is 11.3 Å². The van der Waals surface area contributed by atoms with Gasteiger partial charge in [0.15, 0.2) is 16.6 Å². The van der Waals surface area contributed by atoms with Crippen molar-refractivity contribution in [3.63, 3.8) is 0 Å². The zero-order valence-corrected chi connectivity index (χ0v) is 21.3. The van der Waals surface area contributed by atoms with Crippen LogP contribution in [0.15, 0.2) is 82.7 Å². The minimum absolute atomic E-state index is 0.265. The smallest absolute Gasteiger partial charge is 0.250 e. The van der Waals surface area contributed by atoms with E-state index in [-0.39, 0.29) is 5.91 Å². The summed E-state index contributed by atoms with van der Waals surface area (Å²) in [6.07, 6.45) is 3.17. The first kappa shape index (κ1) is 24.0. The summed E-state index contributed by atoms with van der Waals surface area (Å²) in [6.45, 7) is 0.390. The van der Waals surface area contributed by atoms with Gasteiger partial charge in [-0.3, -0.25) is 10.1 Å². The van der Waals surface area contributed by atoms with E-state index < -0.39 is 0 Å². The average molecular weight is 556 g/mol. The van der Waals surface area contributed by atoms with Gasteiger partial charge in [0, 0.05) is 26.5 Å². The number of halogens is 2. The van der Waals surface area contributed by atoms with Crippen LogP contribution in [0, 0.1) is 0 Å². The zero-order valence-electron chi connectivity index (χ0n) is 18.1. The van der Waals surface area contributed by atoms with Gasteiger partial charge in [0.1, 0.15) is 6.61 Å². The van der Waals surface area contributed by atoms with Crippen molar-refractivity contribution in [1.29, 1.82) is 0 Å². The fraction of sp³-hybridized carbons (Fsp3) is 0.0769. The predicted octanol–water partition coefficient (Wildman–Crippen LogP) is 7.47. The molecule has 1 N–H and O–H groups in total. The Morgan fingerprint density at radius 2 is 1.85 bits per heavy atom. The van der Waals surface area contributed by atoms with Crippen LogP contribution in [0.4, 0.5) is 5.13 Å². The number of nitrogens with one attached hydrogen (secondary N) is 1. The van der Waals surface area contributed by atoms with Gasteiger partial charge in [-0.2, -0.15) is 0 Å². The number of ether oxygens (including phenoxy) is 2. The fourth-order valence-corrected chi connectivity index (χ4v) is 4.17. The number of nitrogens with zero attached hydrogens (tertiary/aromatic N) is 1. The van der Waals surface area contributed by atoms with Crippen LogP contribution in [0.25, 0.3) is 17.3 Å². The molecule has 0 fully saturated rings. The van der Waals surface area contributed by atoms with Crippen molar-refractivity contribution in [3.8, 4) is 22.8 Å². The van der Waals surface area contributed by atoms with Gasteiger partial charge in [-0.05, 0) is 53.6 Å². The Morgan fingerprint density at radius 3 is 2.59 bits per heavy atom. The second kappa shape index (κ2) is 11.3. The molecule has 1 aromatic heterocycles. The second-order valence-corrected chi connectivity index (χ2v) is 9.40. The van der Waals surface area contributed by atoms with E-state index in [1.807, 2.05) is 72.1 Å². The number of thiazole rings is 1. The first-order chi connectivity index (χ1) is 16.5. The lowest BCUT2D eigenvalue weighted by molar-refractivity contribution is -0.111. The lowest BCUT2D eigenvalue weighted by Gasteiger charge is -2.11. The topological polar surface area (TPSA) is 60.5 Å². The molecule has 5 nitrogen and oxygen atoms in total. The van der Waals surface area contributed by atoms with Gasteiger partial charge in [0.05, 0.1) is 12.8 Å². The number of aromatic nitrogens is 1.